The highest BCUT2D eigenvalue weighted by molar-refractivity contribution is 7.13. The van der Waals surface area contributed by atoms with Gasteiger partial charge < -0.3 is 10.2 Å². The molecule has 1 aromatic heterocycles. The molecule has 1 N–H and O–H groups in total. The van der Waals surface area contributed by atoms with Crippen molar-refractivity contribution in [1.82, 2.24) is 15.2 Å². The van der Waals surface area contributed by atoms with Crippen molar-refractivity contribution in [2.75, 3.05) is 37.6 Å². The molecule has 0 aliphatic carbocycles. The van der Waals surface area contributed by atoms with Gasteiger partial charge in [0.15, 0.2) is 5.13 Å². The molecule has 0 bridgehead atoms. The van der Waals surface area contributed by atoms with Crippen LogP contribution in [0.4, 0.5) is 9.52 Å². The maximum absolute atomic E-state index is 13.2. The first-order valence-corrected chi connectivity index (χ1v) is 9.82. The Labute approximate surface area is 157 Å². The molecule has 140 valence electrons. The number of nitrogens with one attached hydrogen (secondary N) is 1. The van der Waals surface area contributed by atoms with Gasteiger partial charge in [-0.15, -0.1) is 11.3 Å². The first kappa shape index (κ1) is 18.8. The molecule has 0 radical (unpaired) electrons. The van der Waals surface area contributed by atoms with Crippen LogP contribution in [0.5, 0.6) is 0 Å². The summed E-state index contributed by atoms with van der Waals surface area (Å²) in [5, 5.41) is 6.14. The smallest absolute Gasteiger partial charge is 0.234 e. The lowest BCUT2D eigenvalue weighted by Crippen LogP contribution is -2.50. The minimum absolute atomic E-state index is 0.00993. The Morgan fingerprint density at radius 1 is 1.23 bits per heavy atom. The number of carbonyl (C=O) groups excluding carboxylic acids is 1. The molecule has 1 saturated heterocycles. The maximum Gasteiger partial charge on any atom is 0.234 e. The molecule has 2 aromatic rings. The van der Waals surface area contributed by atoms with Crippen LogP contribution in [0.1, 0.15) is 25.5 Å². The maximum atomic E-state index is 13.2. The summed E-state index contributed by atoms with van der Waals surface area (Å²) >= 11 is 1.65. The summed E-state index contributed by atoms with van der Waals surface area (Å²) in [6.07, 6.45) is 1.82. The van der Waals surface area contributed by atoms with Crippen molar-refractivity contribution in [3.63, 3.8) is 0 Å². The summed E-state index contributed by atoms with van der Waals surface area (Å²) in [5.74, 6) is -0.0254. The fourth-order valence-electron chi connectivity index (χ4n) is 3.20. The van der Waals surface area contributed by atoms with Gasteiger partial charge >= 0.3 is 0 Å². The average Bonchev–Trinajstić information content (AvgIpc) is 3.16. The Bertz CT molecular complexity index is 697. The van der Waals surface area contributed by atoms with E-state index in [2.05, 4.69) is 33.9 Å². The van der Waals surface area contributed by atoms with Crippen LogP contribution in [-0.2, 0) is 4.79 Å². The molecule has 1 aromatic carbocycles. The van der Waals surface area contributed by atoms with Crippen molar-refractivity contribution >= 4 is 22.4 Å². The molecule has 1 amide bonds. The molecular formula is C19H25FN4OS. The van der Waals surface area contributed by atoms with Gasteiger partial charge in [-0.3, -0.25) is 9.69 Å². The van der Waals surface area contributed by atoms with Crippen LogP contribution in [0.15, 0.2) is 35.8 Å². The first-order valence-electron chi connectivity index (χ1n) is 8.94. The van der Waals surface area contributed by atoms with Gasteiger partial charge in [0.1, 0.15) is 5.82 Å². The Morgan fingerprint density at radius 2 is 1.92 bits per heavy atom. The van der Waals surface area contributed by atoms with E-state index in [4.69, 9.17) is 0 Å². The Morgan fingerprint density at radius 3 is 2.50 bits per heavy atom. The number of carbonyl (C=O) groups is 1. The molecule has 1 atom stereocenters. The lowest BCUT2D eigenvalue weighted by Gasteiger charge is -2.34. The summed E-state index contributed by atoms with van der Waals surface area (Å²) in [6.45, 7) is 7.95. The lowest BCUT2D eigenvalue weighted by atomic mass is 9.96. The van der Waals surface area contributed by atoms with Gasteiger partial charge in [0, 0.05) is 37.8 Å². The molecule has 1 aliphatic heterocycles. The second kappa shape index (κ2) is 8.60. The SMILES string of the molecule is CC(C)C(NC(=O)CN1CCN(c2nccs2)CC1)c1ccc(F)cc1. The van der Waals surface area contributed by atoms with Crippen molar-refractivity contribution in [1.29, 1.82) is 0 Å². The van der Waals surface area contributed by atoms with Gasteiger partial charge in [0.25, 0.3) is 0 Å². The number of rotatable bonds is 6. The number of piperazine rings is 1. The van der Waals surface area contributed by atoms with Gasteiger partial charge in [-0.25, -0.2) is 9.37 Å². The van der Waals surface area contributed by atoms with E-state index < -0.39 is 0 Å². The Kier molecular flexibility index (Phi) is 6.21. The minimum Gasteiger partial charge on any atom is -0.348 e. The topological polar surface area (TPSA) is 48.5 Å². The number of hydrogen-bond donors (Lipinski definition) is 1. The Balaban J connectivity index is 1.52. The summed E-state index contributed by atoms with van der Waals surface area (Å²) in [7, 11) is 0. The molecule has 5 nitrogen and oxygen atoms in total. The number of benzene rings is 1. The highest BCUT2D eigenvalue weighted by Gasteiger charge is 2.23. The average molecular weight is 377 g/mol. The molecule has 0 spiro atoms. The third-order valence-electron chi connectivity index (χ3n) is 4.64. The van der Waals surface area contributed by atoms with Gasteiger partial charge in [-0.1, -0.05) is 26.0 Å². The first-order chi connectivity index (χ1) is 12.5. The van der Waals surface area contributed by atoms with E-state index in [0.29, 0.717) is 6.54 Å². The number of amides is 1. The van der Waals surface area contributed by atoms with E-state index >= 15 is 0 Å². The number of thiazole rings is 1. The van der Waals surface area contributed by atoms with Crippen LogP contribution in [-0.4, -0.2) is 48.5 Å². The quantitative estimate of drug-likeness (QED) is 0.842. The van der Waals surface area contributed by atoms with E-state index in [-0.39, 0.29) is 23.7 Å². The second-order valence-corrected chi connectivity index (χ2v) is 7.79. The minimum atomic E-state index is -0.263. The summed E-state index contributed by atoms with van der Waals surface area (Å²) in [5.41, 5.74) is 0.934. The zero-order valence-electron chi connectivity index (χ0n) is 15.2. The summed E-state index contributed by atoms with van der Waals surface area (Å²) in [4.78, 5) is 21.3. The number of anilines is 1. The van der Waals surface area contributed by atoms with Crippen LogP contribution < -0.4 is 10.2 Å². The summed E-state index contributed by atoms with van der Waals surface area (Å²) in [6, 6.07) is 6.25. The molecule has 0 saturated carbocycles. The molecule has 3 rings (SSSR count). The van der Waals surface area contributed by atoms with Crippen molar-refractivity contribution in [3.8, 4) is 0 Å². The molecule has 7 heteroatoms. The van der Waals surface area contributed by atoms with Crippen LogP contribution in [0.25, 0.3) is 0 Å². The zero-order chi connectivity index (χ0) is 18.5. The fraction of sp³-hybridized carbons (Fsp3) is 0.474. The van der Waals surface area contributed by atoms with Crippen LogP contribution in [0.2, 0.25) is 0 Å². The molecule has 2 heterocycles. The molecule has 1 unspecified atom stereocenters. The van der Waals surface area contributed by atoms with Crippen LogP contribution in [0, 0.1) is 11.7 Å². The molecule has 26 heavy (non-hydrogen) atoms. The standard InChI is InChI=1S/C19H25FN4OS/c1-14(2)18(15-3-5-16(20)6-4-15)22-17(25)13-23-8-10-24(11-9-23)19-21-7-12-26-19/h3-7,12,14,18H,8-11,13H2,1-2H3,(H,22,25). The predicted octanol–water partition coefficient (Wildman–Crippen LogP) is 2.92. The van der Waals surface area contributed by atoms with Crippen molar-refractivity contribution in [2.45, 2.75) is 19.9 Å². The second-order valence-electron chi connectivity index (χ2n) is 6.92. The normalized spacial score (nSPS) is 16.7. The van der Waals surface area contributed by atoms with Gasteiger partial charge in [-0.2, -0.15) is 0 Å². The number of halogens is 1. The third-order valence-corrected chi connectivity index (χ3v) is 5.47. The number of hydrogen-bond acceptors (Lipinski definition) is 5. The molecule has 1 aliphatic rings. The fourth-order valence-corrected chi connectivity index (χ4v) is 3.89. The Hall–Kier alpha value is -1.99. The summed E-state index contributed by atoms with van der Waals surface area (Å²) < 4.78 is 13.2. The largest absolute Gasteiger partial charge is 0.348 e. The van der Waals surface area contributed by atoms with Gasteiger partial charge in [0.05, 0.1) is 12.6 Å². The number of aromatic nitrogens is 1. The van der Waals surface area contributed by atoms with Crippen LogP contribution in [0.3, 0.4) is 0 Å². The van der Waals surface area contributed by atoms with Crippen molar-refractivity contribution in [3.05, 3.63) is 47.2 Å². The van der Waals surface area contributed by atoms with Crippen LogP contribution >= 0.6 is 11.3 Å². The predicted molar refractivity (Wildman–Crippen MR) is 103 cm³/mol. The number of nitrogens with zero attached hydrogens (tertiary/aromatic N) is 3. The van der Waals surface area contributed by atoms with E-state index in [1.807, 2.05) is 11.6 Å². The van der Waals surface area contributed by atoms with Crippen molar-refractivity contribution in [2.24, 2.45) is 5.92 Å². The third kappa shape index (κ3) is 4.80. The van der Waals surface area contributed by atoms with E-state index in [1.54, 1.807) is 23.5 Å². The lowest BCUT2D eigenvalue weighted by molar-refractivity contribution is -0.123. The van der Waals surface area contributed by atoms with Gasteiger partial charge in [-0.05, 0) is 23.6 Å². The van der Waals surface area contributed by atoms with Gasteiger partial charge in [0.2, 0.25) is 5.91 Å². The molecule has 1 fully saturated rings. The molecular weight excluding hydrogens is 351 g/mol. The highest BCUT2D eigenvalue weighted by Crippen LogP contribution is 2.22. The van der Waals surface area contributed by atoms with E-state index in [0.717, 1.165) is 36.9 Å². The van der Waals surface area contributed by atoms with E-state index in [1.165, 1.54) is 12.1 Å². The monoisotopic (exact) mass is 376 g/mol. The zero-order valence-corrected chi connectivity index (χ0v) is 16.0. The van der Waals surface area contributed by atoms with E-state index in [9.17, 15) is 9.18 Å². The highest BCUT2D eigenvalue weighted by atomic mass is 32.1. The van der Waals surface area contributed by atoms with Crippen molar-refractivity contribution < 1.29 is 9.18 Å².